The Morgan fingerprint density at radius 3 is 2.86 bits per heavy atom. The summed E-state index contributed by atoms with van der Waals surface area (Å²) in [6, 6.07) is -0.0360. The van der Waals surface area contributed by atoms with E-state index in [0.717, 1.165) is 25.7 Å². The third kappa shape index (κ3) is 4.28. The maximum atomic E-state index is 12.3. The summed E-state index contributed by atoms with van der Waals surface area (Å²) in [5, 5.41) is 12.5. The third-order valence-corrected chi connectivity index (χ3v) is 5.34. The first-order valence-electron chi connectivity index (χ1n) is 7.15. The Labute approximate surface area is 124 Å². The summed E-state index contributed by atoms with van der Waals surface area (Å²) in [7, 11) is -3.59. The molecule has 0 aliphatic heterocycles. The Bertz CT molecular complexity index is 596. The van der Waals surface area contributed by atoms with E-state index in [1.165, 1.54) is 17.1 Å². The van der Waals surface area contributed by atoms with Crippen LogP contribution in [0.2, 0.25) is 0 Å². The van der Waals surface area contributed by atoms with E-state index in [2.05, 4.69) is 16.7 Å². The van der Waals surface area contributed by atoms with Crippen LogP contribution in [0, 0.1) is 5.92 Å². The molecule has 0 radical (unpaired) electrons. The standard InChI is InChI=1S/C13H21N3O4S/c1-10-4-2-3-5-12(10)15-21(19,20)11-8-14-16(9-11)7-6-13(17)18/h8-10,12,15H,2-7H2,1H3,(H,17,18). The molecule has 2 unspecified atom stereocenters. The molecule has 1 fully saturated rings. The number of sulfonamides is 1. The fourth-order valence-corrected chi connectivity index (χ4v) is 3.91. The number of aryl methyl sites for hydroxylation is 1. The van der Waals surface area contributed by atoms with Crippen molar-refractivity contribution in [3.63, 3.8) is 0 Å². The summed E-state index contributed by atoms with van der Waals surface area (Å²) >= 11 is 0. The molecule has 0 amide bonds. The van der Waals surface area contributed by atoms with Crippen molar-refractivity contribution in [3.05, 3.63) is 12.4 Å². The Morgan fingerprint density at radius 2 is 2.19 bits per heavy atom. The Hall–Kier alpha value is -1.41. The van der Waals surface area contributed by atoms with Gasteiger partial charge in [-0.05, 0) is 18.8 Å². The van der Waals surface area contributed by atoms with E-state index in [4.69, 9.17) is 5.11 Å². The lowest BCUT2D eigenvalue weighted by molar-refractivity contribution is -0.137. The molecule has 118 valence electrons. The minimum absolute atomic E-state index is 0.0360. The first-order valence-corrected chi connectivity index (χ1v) is 8.63. The number of carbonyl (C=O) groups is 1. The molecule has 0 spiro atoms. The van der Waals surface area contributed by atoms with Gasteiger partial charge in [-0.3, -0.25) is 9.48 Å². The second-order valence-corrected chi connectivity index (χ2v) is 7.29. The lowest BCUT2D eigenvalue weighted by Gasteiger charge is -2.28. The van der Waals surface area contributed by atoms with Crippen molar-refractivity contribution in [1.82, 2.24) is 14.5 Å². The molecule has 1 saturated carbocycles. The smallest absolute Gasteiger partial charge is 0.305 e. The number of nitrogens with one attached hydrogen (secondary N) is 1. The van der Waals surface area contributed by atoms with E-state index in [-0.39, 0.29) is 23.9 Å². The minimum atomic E-state index is -3.59. The van der Waals surface area contributed by atoms with Crippen LogP contribution in [0.3, 0.4) is 0 Å². The van der Waals surface area contributed by atoms with Gasteiger partial charge in [0.1, 0.15) is 4.90 Å². The van der Waals surface area contributed by atoms with Crippen molar-refractivity contribution < 1.29 is 18.3 Å². The van der Waals surface area contributed by atoms with Crippen molar-refractivity contribution in [1.29, 1.82) is 0 Å². The molecule has 0 aromatic carbocycles. The number of nitrogens with zero attached hydrogens (tertiary/aromatic N) is 2. The minimum Gasteiger partial charge on any atom is -0.481 e. The molecule has 7 nitrogen and oxygen atoms in total. The van der Waals surface area contributed by atoms with Crippen molar-refractivity contribution in [2.24, 2.45) is 5.92 Å². The molecule has 2 rings (SSSR count). The molecule has 1 aromatic heterocycles. The fourth-order valence-electron chi connectivity index (χ4n) is 2.57. The number of hydrogen-bond donors (Lipinski definition) is 2. The average molecular weight is 315 g/mol. The lowest BCUT2D eigenvalue weighted by atomic mass is 9.87. The van der Waals surface area contributed by atoms with E-state index in [1.807, 2.05) is 0 Å². The highest BCUT2D eigenvalue weighted by Crippen LogP contribution is 2.25. The predicted molar refractivity (Wildman–Crippen MR) is 76.2 cm³/mol. The molecule has 1 aromatic rings. The van der Waals surface area contributed by atoms with E-state index < -0.39 is 16.0 Å². The monoisotopic (exact) mass is 315 g/mol. The van der Waals surface area contributed by atoms with Gasteiger partial charge in [0, 0.05) is 12.2 Å². The lowest BCUT2D eigenvalue weighted by Crippen LogP contribution is -2.40. The van der Waals surface area contributed by atoms with Crippen molar-refractivity contribution in [3.8, 4) is 0 Å². The maximum absolute atomic E-state index is 12.3. The topological polar surface area (TPSA) is 101 Å². The quantitative estimate of drug-likeness (QED) is 0.822. The number of aliphatic carboxylic acids is 1. The predicted octanol–water partition coefficient (Wildman–Crippen LogP) is 1.21. The second-order valence-electron chi connectivity index (χ2n) is 5.57. The van der Waals surface area contributed by atoms with Crippen LogP contribution in [-0.2, 0) is 21.4 Å². The molecular weight excluding hydrogens is 294 g/mol. The van der Waals surface area contributed by atoms with Crippen molar-refractivity contribution in [2.45, 2.75) is 56.5 Å². The molecule has 1 aliphatic rings. The van der Waals surface area contributed by atoms with Gasteiger partial charge < -0.3 is 5.11 Å². The van der Waals surface area contributed by atoms with Gasteiger partial charge in [0.25, 0.3) is 0 Å². The average Bonchev–Trinajstić information content (AvgIpc) is 2.88. The van der Waals surface area contributed by atoms with Gasteiger partial charge >= 0.3 is 5.97 Å². The first kappa shape index (κ1) is 16.0. The highest BCUT2D eigenvalue weighted by Gasteiger charge is 2.27. The van der Waals surface area contributed by atoms with Gasteiger partial charge in [0.15, 0.2) is 0 Å². The molecular formula is C13H21N3O4S. The summed E-state index contributed by atoms with van der Waals surface area (Å²) in [5.74, 6) is -0.611. The van der Waals surface area contributed by atoms with Crippen LogP contribution in [-0.4, -0.2) is 35.3 Å². The van der Waals surface area contributed by atoms with Crippen LogP contribution >= 0.6 is 0 Å². The van der Waals surface area contributed by atoms with Gasteiger partial charge in [-0.1, -0.05) is 19.8 Å². The maximum Gasteiger partial charge on any atom is 0.305 e. The Morgan fingerprint density at radius 1 is 1.48 bits per heavy atom. The molecule has 2 atom stereocenters. The van der Waals surface area contributed by atoms with Gasteiger partial charge in [-0.25, -0.2) is 13.1 Å². The zero-order chi connectivity index (χ0) is 15.5. The molecule has 21 heavy (non-hydrogen) atoms. The summed E-state index contributed by atoms with van der Waals surface area (Å²) < 4.78 is 28.7. The molecule has 1 aliphatic carbocycles. The fraction of sp³-hybridized carbons (Fsp3) is 0.692. The van der Waals surface area contributed by atoms with E-state index in [0.29, 0.717) is 5.92 Å². The first-order chi connectivity index (χ1) is 9.88. The third-order valence-electron chi connectivity index (χ3n) is 3.89. The Kier molecular flexibility index (Phi) is 5.00. The summed E-state index contributed by atoms with van der Waals surface area (Å²) in [6.45, 7) is 2.22. The van der Waals surface area contributed by atoms with Crippen LogP contribution < -0.4 is 4.72 Å². The molecule has 0 bridgehead atoms. The number of hydrogen-bond acceptors (Lipinski definition) is 4. The van der Waals surface area contributed by atoms with Gasteiger partial charge in [0.2, 0.25) is 10.0 Å². The zero-order valence-electron chi connectivity index (χ0n) is 12.0. The van der Waals surface area contributed by atoms with Gasteiger partial charge in [0.05, 0.1) is 19.2 Å². The number of aromatic nitrogens is 2. The zero-order valence-corrected chi connectivity index (χ0v) is 12.8. The van der Waals surface area contributed by atoms with Crippen LogP contribution in [0.15, 0.2) is 17.3 Å². The normalized spacial score (nSPS) is 23.1. The van der Waals surface area contributed by atoms with Gasteiger partial charge in [-0.2, -0.15) is 5.10 Å². The van der Waals surface area contributed by atoms with Crippen LogP contribution in [0.1, 0.15) is 39.0 Å². The largest absolute Gasteiger partial charge is 0.481 e. The van der Waals surface area contributed by atoms with E-state index in [1.54, 1.807) is 0 Å². The molecule has 1 heterocycles. The number of carboxylic acids is 1. The number of rotatable bonds is 6. The van der Waals surface area contributed by atoms with Crippen LogP contribution in [0.5, 0.6) is 0 Å². The van der Waals surface area contributed by atoms with Crippen molar-refractivity contribution in [2.75, 3.05) is 0 Å². The summed E-state index contributed by atoms with van der Waals surface area (Å²) in [6.07, 6.45) is 6.62. The molecule has 2 N–H and O–H groups in total. The molecule has 8 heteroatoms. The van der Waals surface area contributed by atoms with Crippen LogP contribution in [0.4, 0.5) is 0 Å². The highest BCUT2D eigenvalue weighted by atomic mass is 32.2. The SMILES string of the molecule is CC1CCCCC1NS(=O)(=O)c1cnn(CCC(=O)O)c1. The molecule has 0 saturated heterocycles. The van der Waals surface area contributed by atoms with E-state index >= 15 is 0 Å². The van der Waals surface area contributed by atoms with Crippen LogP contribution in [0.25, 0.3) is 0 Å². The summed E-state index contributed by atoms with van der Waals surface area (Å²) in [5.41, 5.74) is 0. The highest BCUT2D eigenvalue weighted by molar-refractivity contribution is 7.89. The summed E-state index contributed by atoms with van der Waals surface area (Å²) in [4.78, 5) is 10.6. The Balaban J connectivity index is 2.03. The van der Waals surface area contributed by atoms with Crippen molar-refractivity contribution >= 4 is 16.0 Å². The second kappa shape index (κ2) is 6.57. The van der Waals surface area contributed by atoms with E-state index in [9.17, 15) is 13.2 Å². The number of carboxylic acid groups (broad SMARTS) is 1. The van der Waals surface area contributed by atoms with Gasteiger partial charge in [-0.15, -0.1) is 0 Å².